The maximum atomic E-state index is 12.5. The molecule has 1 aliphatic rings. The van der Waals surface area contributed by atoms with Gasteiger partial charge in [-0.2, -0.15) is 0 Å². The molecule has 7 nitrogen and oxygen atoms in total. The average molecular weight is 417 g/mol. The number of aromatic amines is 1. The first kappa shape index (κ1) is 16.9. The number of thiophene rings is 1. The van der Waals surface area contributed by atoms with Gasteiger partial charge >= 0.3 is 0 Å². The van der Waals surface area contributed by atoms with Gasteiger partial charge in [-0.05, 0) is 47.0 Å². The van der Waals surface area contributed by atoms with Crippen LogP contribution in [0.3, 0.4) is 0 Å². The number of nitrogens with one attached hydrogen (secondary N) is 1. The van der Waals surface area contributed by atoms with Gasteiger partial charge in [0.25, 0.3) is 5.56 Å². The first-order chi connectivity index (χ1) is 13.2. The molecule has 0 aliphatic heterocycles. The Morgan fingerprint density at radius 2 is 2.11 bits per heavy atom. The van der Waals surface area contributed by atoms with Crippen molar-refractivity contribution in [2.75, 3.05) is 0 Å². The fourth-order valence-corrected chi connectivity index (χ4v) is 4.71. The summed E-state index contributed by atoms with van der Waals surface area (Å²) >= 11 is 8.86. The number of nitrogens with zero attached hydrogens (tertiary/aromatic N) is 5. The fourth-order valence-electron chi connectivity index (χ4n) is 2.77. The molecule has 0 radical (unpaired) electrons. The van der Waals surface area contributed by atoms with E-state index in [2.05, 4.69) is 25.5 Å². The number of aromatic nitrogens is 6. The highest BCUT2D eigenvalue weighted by Gasteiger charge is 2.28. The smallest absolute Gasteiger partial charge is 0.268 e. The lowest BCUT2D eigenvalue weighted by molar-refractivity contribution is 0.565. The number of fused-ring (bicyclic) bond motifs is 1. The van der Waals surface area contributed by atoms with Gasteiger partial charge in [-0.3, -0.25) is 4.79 Å². The number of hydrogen-bond donors (Lipinski definition) is 1. The van der Waals surface area contributed by atoms with Crippen LogP contribution in [0.1, 0.15) is 24.7 Å². The van der Waals surface area contributed by atoms with Crippen molar-refractivity contribution in [1.82, 2.24) is 30.2 Å². The van der Waals surface area contributed by atoms with Crippen molar-refractivity contribution < 1.29 is 0 Å². The van der Waals surface area contributed by atoms with Gasteiger partial charge in [0.15, 0.2) is 0 Å². The van der Waals surface area contributed by atoms with Crippen LogP contribution in [0.2, 0.25) is 5.02 Å². The number of thioether (sulfide) groups is 1. The molecule has 27 heavy (non-hydrogen) atoms. The zero-order chi connectivity index (χ0) is 18.4. The standard InChI is InChI=1S/C17H13ClN6OS2/c18-10-3-1-9(2-4-10)13-7-12-15(27-13)16(25)20-14(19-12)8-26-17-21-22-23-24(17)11-5-6-11/h1-4,7,11H,5-6,8H2,(H,19,20,25). The zero-order valence-corrected chi connectivity index (χ0v) is 16.3. The number of hydrogen-bond acceptors (Lipinski definition) is 7. The van der Waals surface area contributed by atoms with Crippen molar-refractivity contribution in [2.45, 2.75) is 29.8 Å². The molecule has 1 N–H and O–H groups in total. The zero-order valence-electron chi connectivity index (χ0n) is 13.9. The SMILES string of the molecule is O=c1[nH]c(CSc2nnnn2C2CC2)nc2cc(-c3ccc(Cl)cc3)sc12. The van der Waals surface area contributed by atoms with Crippen LogP contribution in [0, 0.1) is 0 Å². The lowest BCUT2D eigenvalue weighted by atomic mass is 10.2. The van der Waals surface area contributed by atoms with Crippen LogP contribution in [0.5, 0.6) is 0 Å². The predicted molar refractivity (Wildman–Crippen MR) is 106 cm³/mol. The lowest BCUT2D eigenvalue weighted by Crippen LogP contribution is -2.09. The predicted octanol–water partition coefficient (Wildman–Crippen LogP) is 3.92. The van der Waals surface area contributed by atoms with Crippen molar-refractivity contribution in [3.05, 3.63) is 51.5 Å². The average Bonchev–Trinajstić information content (AvgIpc) is 3.23. The molecule has 0 unspecified atom stereocenters. The van der Waals surface area contributed by atoms with Crippen LogP contribution in [0.25, 0.3) is 20.7 Å². The third-order valence-electron chi connectivity index (χ3n) is 4.25. The van der Waals surface area contributed by atoms with Crippen LogP contribution in [0.15, 0.2) is 40.3 Å². The van der Waals surface area contributed by atoms with E-state index in [4.69, 9.17) is 11.6 Å². The molecule has 3 heterocycles. The van der Waals surface area contributed by atoms with Crippen LogP contribution in [-0.4, -0.2) is 30.2 Å². The molecule has 0 amide bonds. The second-order valence-electron chi connectivity index (χ2n) is 6.27. The highest BCUT2D eigenvalue weighted by Crippen LogP contribution is 2.37. The highest BCUT2D eigenvalue weighted by atomic mass is 35.5. The van der Waals surface area contributed by atoms with Gasteiger partial charge in [-0.25, -0.2) is 9.67 Å². The minimum Gasteiger partial charge on any atom is -0.309 e. The Kier molecular flexibility index (Phi) is 4.22. The van der Waals surface area contributed by atoms with E-state index in [0.717, 1.165) is 28.4 Å². The number of H-pyrrole nitrogens is 1. The molecular weight excluding hydrogens is 404 g/mol. The molecule has 0 saturated heterocycles. The van der Waals surface area contributed by atoms with Gasteiger partial charge in [-0.15, -0.1) is 16.4 Å². The first-order valence-corrected chi connectivity index (χ1v) is 10.5. The molecule has 136 valence electrons. The Hall–Kier alpha value is -2.23. The van der Waals surface area contributed by atoms with Crippen LogP contribution in [0.4, 0.5) is 0 Å². The Morgan fingerprint density at radius 3 is 2.89 bits per heavy atom. The molecule has 1 aromatic carbocycles. The van der Waals surface area contributed by atoms with Crippen LogP contribution < -0.4 is 5.56 Å². The van der Waals surface area contributed by atoms with Gasteiger partial charge < -0.3 is 4.98 Å². The summed E-state index contributed by atoms with van der Waals surface area (Å²) < 4.78 is 2.47. The van der Waals surface area contributed by atoms with E-state index in [9.17, 15) is 4.79 Å². The summed E-state index contributed by atoms with van der Waals surface area (Å²) in [5.41, 5.74) is 1.59. The largest absolute Gasteiger partial charge is 0.309 e. The summed E-state index contributed by atoms with van der Waals surface area (Å²) in [5.74, 6) is 1.12. The number of tetrazole rings is 1. The molecule has 0 bridgehead atoms. The first-order valence-electron chi connectivity index (χ1n) is 8.37. The van der Waals surface area contributed by atoms with Crippen LogP contribution >= 0.6 is 34.7 Å². The van der Waals surface area contributed by atoms with Gasteiger partial charge in [0.2, 0.25) is 5.16 Å². The fraction of sp³-hybridized carbons (Fsp3) is 0.235. The summed E-state index contributed by atoms with van der Waals surface area (Å²) in [6.07, 6.45) is 2.23. The summed E-state index contributed by atoms with van der Waals surface area (Å²) in [4.78, 5) is 21.0. The third-order valence-corrected chi connectivity index (χ3v) is 6.62. The minimum absolute atomic E-state index is 0.123. The van der Waals surface area contributed by atoms with Crippen molar-refractivity contribution >= 4 is 44.9 Å². The number of benzene rings is 1. The Morgan fingerprint density at radius 1 is 1.30 bits per heavy atom. The van der Waals surface area contributed by atoms with Crippen molar-refractivity contribution in [2.24, 2.45) is 0 Å². The molecule has 5 rings (SSSR count). The highest BCUT2D eigenvalue weighted by molar-refractivity contribution is 7.98. The molecule has 1 saturated carbocycles. The van der Waals surface area contributed by atoms with E-state index in [-0.39, 0.29) is 5.56 Å². The molecule has 4 aromatic rings. The summed E-state index contributed by atoms with van der Waals surface area (Å²) in [7, 11) is 0. The summed E-state index contributed by atoms with van der Waals surface area (Å²) in [5, 5.41) is 13.3. The van der Waals surface area contributed by atoms with Gasteiger partial charge in [0.1, 0.15) is 10.5 Å². The third kappa shape index (κ3) is 3.38. The number of halogens is 1. The van der Waals surface area contributed by atoms with Crippen LogP contribution in [-0.2, 0) is 5.75 Å². The van der Waals surface area contributed by atoms with E-state index < -0.39 is 0 Å². The molecule has 0 spiro atoms. The molecule has 1 fully saturated rings. The Bertz CT molecular complexity index is 1180. The minimum atomic E-state index is -0.123. The summed E-state index contributed by atoms with van der Waals surface area (Å²) in [6, 6.07) is 9.92. The second kappa shape index (κ2) is 6.74. The Labute approximate surface area is 166 Å². The van der Waals surface area contributed by atoms with Gasteiger partial charge in [0.05, 0.1) is 17.3 Å². The van der Waals surface area contributed by atoms with Gasteiger partial charge in [0, 0.05) is 9.90 Å². The van der Waals surface area contributed by atoms with E-state index in [0.29, 0.717) is 32.9 Å². The maximum absolute atomic E-state index is 12.5. The van der Waals surface area contributed by atoms with Crippen molar-refractivity contribution in [3.8, 4) is 10.4 Å². The van der Waals surface area contributed by atoms with Crippen molar-refractivity contribution in [1.29, 1.82) is 0 Å². The lowest BCUT2D eigenvalue weighted by Gasteiger charge is -2.02. The normalized spacial score (nSPS) is 14.1. The van der Waals surface area contributed by atoms with E-state index in [1.54, 1.807) is 0 Å². The molecule has 0 atom stereocenters. The van der Waals surface area contributed by atoms with E-state index in [1.165, 1.54) is 23.1 Å². The molecule has 3 aromatic heterocycles. The molecule has 1 aliphatic carbocycles. The van der Waals surface area contributed by atoms with Crippen molar-refractivity contribution in [3.63, 3.8) is 0 Å². The molecular formula is C17H13ClN6OS2. The molecule has 10 heteroatoms. The van der Waals surface area contributed by atoms with Gasteiger partial charge in [-0.1, -0.05) is 35.5 Å². The summed E-state index contributed by atoms with van der Waals surface area (Å²) in [6.45, 7) is 0. The van der Waals surface area contributed by atoms with E-state index >= 15 is 0 Å². The quantitative estimate of drug-likeness (QED) is 0.496. The number of rotatable bonds is 5. The van der Waals surface area contributed by atoms with E-state index in [1.807, 2.05) is 35.0 Å². The topological polar surface area (TPSA) is 89.4 Å². The monoisotopic (exact) mass is 416 g/mol. The maximum Gasteiger partial charge on any atom is 0.268 e. The Balaban J connectivity index is 1.43. The second-order valence-corrected chi connectivity index (χ2v) is 8.70.